The van der Waals surface area contributed by atoms with Gasteiger partial charge in [-0.05, 0) is 68.1 Å². The number of anilines is 1. The lowest BCUT2D eigenvalue weighted by Crippen LogP contribution is -2.54. The van der Waals surface area contributed by atoms with Crippen molar-refractivity contribution in [2.75, 3.05) is 10.8 Å². The zero-order chi connectivity index (χ0) is 32.6. The summed E-state index contributed by atoms with van der Waals surface area (Å²) in [6, 6.07) is 29.1. The third-order valence-corrected chi connectivity index (χ3v) is 9.99. The van der Waals surface area contributed by atoms with Crippen molar-refractivity contribution >= 4 is 39.1 Å². The Morgan fingerprint density at radius 3 is 2.11 bits per heavy atom. The van der Waals surface area contributed by atoms with Gasteiger partial charge >= 0.3 is 0 Å². The highest BCUT2D eigenvalue weighted by molar-refractivity contribution is 7.92. The summed E-state index contributed by atoms with van der Waals surface area (Å²) in [5.41, 5.74) is 3.49. The molecule has 0 bridgehead atoms. The lowest BCUT2D eigenvalue weighted by Gasteiger charge is -2.34. The van der Waals surface area contributed by atoms with Crippen molar-refractivity contribution in [2.24, 2.45) is 0 Å². The number of hydrogen-bond acceptors (Lipinski definition) is 4. The van der Waals surface area contributed by atoms with Crippen LogP contribution in [0, 0.1) is 13.8 Å². The minimum atomic E-state index is -4.17. The molecule has 1 N–H and O–H groups in total. The Morgan fingerprint density at radius 1 is 0.844 bits per heavy atom. The van der Waals surface area contributed by atoms with E-state index in [1.807, 2.05) is 63.2 Å². The maximum atomic E-state index is 14.6. The van der Waals surface area contributed by atoms with Gasteiger partial charge < -0.3 is 10.2 Å². The first-order chi connectivity index (χ1) is 21.5. The highest BCUT2D eigenvalue weighted by Gasteiger charge is 2.35. The fourth-order valence-electron chi connectivity index (χ4n) is 5.00. The second-order valence-corrected chi connectivity index (χ2v) is 13.5. The van der Waals surface area contributed by atoms with E-state index >= 15 is 0 Å². The van der Waals surface area contributed by atoms with Crippen LogP contribution in [0.25, 0.3) is 0 Å². The number of aryl methyl sites for hydroxylation is 2. The number of carbonyl (C=O) groups is 2. The summed E-state index contributed by atoms with van der Waals surface area (Å²) in [4.78, 5) is 30.0. The Bertz CT molecular complexity index is 1710. The summed E-state index contributed by atoms with van der Waals surface area (Å²) >= 11 is 6.57. The number of sulfonamides is 1. The van der Waals surface area contributed by atoms with Gasteiger partial charge in [-0.2, -0.15) is 0 Å². The van der Waals surface area contributed by atoms with Gasteiger partial charge in [-0.25, -0.2) is 8.42 Å². The lowest BCUT2D eigenvalue weighted by molar-refractivity contribution is -0.140. The summed E-state index contributed by atoms with van der Waals surface area (Å²) in [6.07, 6.45) is 0.937. The van der Waals surface area contributed by atoms with E-state index in [9.17, 15) is 18.0 Å². The van der Waals surface area contributed by atoms with Crippen LogP contribution in [0.2, 0.25) is 5.02 Å². The number of amides is 2. The van der Waals surface area contributed by atoms with Crippen LogP contribution in [0.4, 0.5) is 5.69 Å². The summed E-state index contributed by atoms with van der Waals surface area (Å²) < 4.78 is 29.5. The molecule has 0 radical (unpaired) electrons. The van der Waals surface area contributed by atoms with Crippen molar-refractivity contribution in [1.29, 1.82) is 0 Å². The van der Waals surface area contributed by atoms with Crippen molar-refractivity contribution < 1.29 is 18.0 Å². The molecule has 0 fully saturated rings. The molecule has 45 heavy (non-hydrogen) atoms. The van der Waals surface area contributed by atoms with E-state index in [1.165, 1.54) is 4.90 Å². The zero-order valence-electron chi connectivity index (χ0n) is 26.1. The minimum Gasteiger partial charge on any atom is -0.352 e. The molecule has 0 spiro atoms. The fraction of sp³-hybridized carbons (Fsp3) is 0.278. The van der Waals surface area contributed by atoms with Gasteiger partial charge in [0.25, 0.3) is 10.0 Å². The molecule has 0 saturated carbocycles. The molecule has 4 rings (SSSR count). The Morgan fingerprint density at radius 2 is 1.47 bits per heavy atom. The van der Waals surface area contributed by atoms with Crippen molar-refractivity contribution in [3.8, 4) is 0 Å². The Balaban J connectivity index is 1.83. The molecule has 4 aromatic rings. The number of carbonyl (C=O) groups excluding carboxylic acids is 2. The van der Waals surface area contributed by atoms with Crippen molar-refractivity contribution in [3.05, 3.63) is 130 Å². The topological polar surface area (TPSA) is 86.8 Å². The summed E-state index contributed by atoms with van der Waals surface area (Å²) in [5, 5.41) is 3.49. The Hall–Kier alpha value is -4.14. The van der Waals surface area contributed by atoms with E-state index < -0.39 is 28.5 Å². The second-order valence-electron chi connectivity index (χ2n) is 11.2. The monoisotopic (exact) mass is 645 g/mol. The number of hydrogen-bond donors (Lipinski definition) is 1. The van der Waals surface area contributed by atoms with Gasteiger partial charge in [0.1, 0.15) is 12.6 Å². The Labute approximate surface area is 271 Å². The number of benzene rings is 4. The maximum Gasteiger partial charge on any atom is 0.264 e. The van der Waals surface area contributed by atoms with Crippen LogP contribution in [0.3, 0.4) is 0 Å². The highest BCUT2D eigenvalue weighted by atomic mass is 35.5. The Kier molecular flexibility index (Phi) is 11.4. The van der Waals surface area contributed by atoms with Crippen molar-refractivity contribution in [1.82, 2.24) is 10.2 Å². The van der Waals surface area contributed by atoms with E-state index in [-0.39, 0.29) is 29.8 Å². The first kappa shape index (κ1) is 33.7. The predicted molar refractivity (Wildman–Crippen MR) is 181 cm³/mol. The molecule has 0 aliphatic carbocycles. The number of nitrogens with zero attached hydrogens (tertiary/aromatic N) is 2. The van der Waals surface area contributed by atoms with Crippen molar-refractivity contribution in [2.45, 2.75) is 64.1 Å². The van der Waals surface area contributed by atoms with Crippen LogP contribution >= 0.6 is 11.6 Å². The molecule has 0 aliphatic rings. The van der Waals surface area contributed by atoms with E-state index in [4.69, 9.17) is 11.6 Å². The molecule has 9 heteroatoms. The molecule has 0 aliphatic heterocycles. The first-order valence-corrected chi connectivity index (χ1v) is 16.8. The van der Waals surface area contributed by atoms with E-state index in [1.54, 1.807) is 67.6 Å². The molecule has 0 aromatic heterocycles. The van der Waals surface area contributed by atoms with E-state index in [0.717, 1.165) is 15.4 Å². The molecule has 2 amide bonds. The third-order valence-electron chi connectivity index (χ3n) is 7.84. The summed E-state index contributed by atoms with van der Waals surface area (Å²) in [7, 11) is -4.17. The summed E-state index contributed by atoms with van der Waals surface area (Å²) in [5.74, 6) is -0.855. The number of para-hydroxylation sites is 1. The quantitative estimate of drug-likeness (QED) is 0.175. The average molecular weight is 646 g/mol. The van der Waals surface area contributed by atoms with Crippen LogP contribution in [0.5, 0.6) is 0 Å². The summed E-state index contributed by atoms with van der Waals surface area (Å²) in [6.45, 7) is 7.05. The number of nitrogens with one attached hydrogen (secondary N) is 1. The predicted octanol–water partition coefficient (Wildman–Crippen LogP) is 6.71. The number of halogens is 1. The standard InChI is InChI=1S/C36H40ClN3O4S/c1-5-28(4)38-36(42)34(23-29-14-7-6-8-15-29)39(24-30-16-10-11-17-32(30)37)35(41)25-40(33-18-12-9-13-27(33)3)45(43,44)31-21-19-26(2)20-22-31/h6-22,28,34H,5,23-25H2,1-4H3,(H,38,42)/t28-,34+/m1/s1. The molecule has 0 heterocycles. The molecular weight excluding hydrogens is 606 g/mol. The largest absolute Gasteiger partial charge is 0.352 e. The molecule has 0 saturated heterocycles. The van der Waals surface area contributed by atoms with Crippen LogP contribution < -0.4 is 9.62 Å². The molecule has 2 atom stereocenters. The average Bonchev–Trinajstić information content (AvgIpc) is 3.03. The molecule has 236 valence electrons. The normalized spacial score (nSPS) is 12.6. The minimum absolute atomic E-state index is 0.0100. The van der Waals surface area contributed by atoms with Gasteiger partial charge in [-0.3, -0.25) is 13.9 Å². The molecule has 4 aromatic carbocycles. The van der Waals surface area contributed by atoms with Gasteiger partial charge in [0.15, 0.2) is 0 Å². The van der Waals surface area contributed by atoms with Gasteiger partial charge in [0, 0.05) is 24.0 Å². The lowest BCUT2D eigenvalue weighted by atomic mass is 10.0. The SMILES string of the molecule is CC[C@@H](C)NC(=O)[C@H](Cc1ccccc1)N(Cc1ccccc1Cl)C(=O)CN(c1ccccc1C)S(=O)(=O)c1ccc(C)cc1. The van der Waals surface area contributed by atoms with Gasteiger partial charge in [0.2, 0.25) is 11.8 Å². The smallest absolute Gasteiger partial charge is 0.264 e. The molecular formula is C36H40ClN3O4S. The highest BCUT2D eigenvalue weighted by Crippen LogP contribution is 2.28. The second kappa shape index (κ2) is 15.2. The van der Waals surface area contributed by atoms with Gasteiger partial charge in [0.05, 0.1) is 10.6 Å². The molecule has 7 nitrogen and oxygen atoms in total. The number of rotatable bonds is 13. The van der Waals surface area contributed by atoms with Gasteiger partial charge in [-0.1, -0.05) is 103 Å². The van der Waals surface area contributed by atoms with Crippen LogP contribution in [-0.4, -0.2) is 43.8 Å². The third kappa shape index (κ3) is 8.53. The van der Waals surface area contributed by atoms with E-state index in [2.05, 4.69) is 5.32 Å². The van der Waals surface area contributed by atoms with Gasteiger partial charge in [-0.15, -0.1) is 0 Å². The van der Waals surface area contributed by atoms with Crippen molar-refractivity contribution in [3.63, 3.8) is 0 Å². The van der Waals surface area contributed by atoms with Crippen LogP contribution in [0.1, 0.15) is 42.5 Å². The maximum absolute atomic E-state index is 14.6. The van der Waals surface area contributed by atoms with Crippen LogP contribution in [-0.2, 0) is 32.6 Å². The van der Waals surface area contributed by atoms with E-state index in [0.29, 0.717) is 28.3 Å². The zero-order valence-corrected chi connectivity index (χ0v) is 27.7. The molecule has 0 unspecified atom stereocenters. The first-order valence-electron chi connectivity index (χ1n) is 15.0. The van der Waals surface area contributed by atoms with Crippen LogP contribution in [0.15, 0.2) is 108 Å². The fourth-order valence-corrected chi connectivity index (χ4v) is 6.67.